The van der Waals surface area contributed by atoms with E-state index in [1.165, 1.54) is 6.42 Å². The summed E-state index contributed by atoms with van der Waals surface area (Å²) in [6, 6.07) is 0. The van der Waals surface area contributed by atoms with E-state index in [2.05, 4.69) is 26.1 Å². The van der Waals surface area contributed by atoms with Crippen LogP contribution in [0.5, 0.6) is 0 Å². The van der Waals surface area contributed by atoms with Crippen molar-refractivity contribution in [2.45, 2.75) is 64.8 Å². The first-order valence-electron chi connectivity index (χ1n) is 9.20. The van der Waals surface area contributed by atoms with Crippen LogP contribution in [0.4, 0.5) is 0 Å². The van der Waals surface area contributed by atoms with Crippen molar-refractivity contribution in [3.05, 3.63) is 0 Å². The zero-order chi connectivity index (χ0) is 18.9. The lowest BCUT2D eigenvalue weighted by Gasteiger charge is -2.57. The van der Waals surface area contributed by atoms with Gasteiger partial charge < -0.3 is 5.32 Å². The molecule has 2 aliphatic carbocycles. The number of fused-ring (bicyclic) bond motifs is 1. The van der Waals surface area contributed by atoms with Crippen LogP contribution >= 0.6 is 11.6 Å². The molecule has 0 saturated heterocycles. The lowest BCUT2D eigenvalue weighted by molar-refractivity contribution is -0.124. The molecule has 0 aromatic rings. The Balaban J connectivity index is 2.12. The minimum absolute atomic E-state index is 0.0128. The van der Waals surface area contributed by atoms with Crippen LogP contribution < -0.4 is 5.32 Å². The number of amides is 1. The van der Waals surface area contributed by atoms with E-state index in [0.29, 0.717) is 11.8 Å². The molecule has 2 saturated carbocycles. The second-order valence-electron chi connectivity index (χ2n) is 8.66. The zero-order valence-electron chi connectivity index (χ0n) is 15.8. The number of carbonyl (C=O) groups excluding carboxylic acids is 1. The molecule has 1 N–H and O–H groups in total. The summed E-state index contributed by atoms with van der Waals surface area (Å²) in [5.41, 5.74) is -0.0183. The molecule has 0 bridgehead atoms. The molecule has 2 fully saturated rings. The Morgan fingerprint density at radius 2 is 2.00 bits per heavy atom. The van der Waals surface area contributed by atoms with Crippen LogP contribution in [-0.4, -0.2) is 38.6 Å². The van der Waals surface area contributed by atoms with Crippen LogP contribution in [0.1, 0.15) is 59.3 Å². The summed E-state index contributed by atoms with van der Waals surface area (Å²) in [4.78, 5) is 12.0. The summed E-state index contributed by atoms with van der Waals surface area (Å²) in [6.07, 6.45) is 7.55. The fraction of sp³-hybridized carbons (Fsp3) is 0.944. The first-order valence-corrected chi connectivity index (χ1v) is 11.6. The molecule has 2 aliphatic rings. The quantitative estimate of drug-likeness (QED) is 0.555. The Morgan fingerprint density at radius 1 is 1.32 bits per heavy atom. The van der Waals surface area contributed by atoms with Gasteiger partial charge in [-0.05, 0) is 62.2 Å². The molecule has 0 aromatic heterocycles. The van der Waals surface area contributed by atoms with Crippen LogP contribution in [0.3, 0.4) is 0 Å². The van der Waals surface area contributed by atoms with E-state index in [-0.39, 0.29) is 35.3 Å². The maximum atomic E-state index is 12.0. The van der Waals surface area contributed by atoms with Gasteiger partial charge in [0.2, 0.25) is 5.91 Å². The molecule has 5 nitrogen and oxygen atoms in total. The molecule has 0 aromatic carbocycles. The fourth-order valence-electron chi connectivity index (χ4n) is 5.14. The summed E-state index contributed by atoms with van der Waals surface area (Å²) in [5, 5.41) is 3.19. The highest BCUT2D eigenvalue weighted by Gasteiger charge is 2.52. The highest BCUT2D eigenvalue weighted by atomic mass is 35.5. The second-order valence-corrected chi connectivity index (χ2v) is 10.6. The monoisotopic (exact) mass is 393 g/mol. The third-order valence-electron chi connectivity index (χ3n) is 6.58. The molecular formula is C18H32ClNO4S. The number of carbonyl (C=O) groups is 1. The van der Waals surface area contributed by atoms with Gasteiger partial charge in [0.25, 0.3) is 10.1 Å². The molecule has 0 unspecified atom stereocenters. The van der Waals surface area contributed by atoms with Crippen LogP contribution in [0.2, 0.25) is 0 Å². The smallest absolute Gasteiger partial charge is 0.264 e. The van der Waals surface area contributed by atoms with Gasteiger partial charge in [-0.2, -0.15) is 8.42 Å². The molecule has 0 aliphatic heterocycles. The Bertz CT molecular complexity index is 596. The van der Waals surface area contributed by atoms with Crippen molar-refractivity contribution in [2.24, 2.45) is 23.2 Å². The average Bonchev–Trinajstić information content (AvgIpc) is 2.51. The second kappa shape index (κ2) is 7.73. The van der Waals surface area contributed by atoms with E-state index in [0.717, 1.165) is 38.4 Å². The Kier molecular flexibility index (Phi) is 6.49. The highest BCUT2D eigenvalue weighted by Crippen LogP contribution is 2.56. The van der Waals surface area contributed by atoms with E-state index >= 15 is 0 Å². The van der Waals surface area contributed by atoms with Gasteiger partial charge in [0.05, 0.1) is 12.9 Å². The maximum absolute atomic E-state index is 12.0. The molecule has 5 atom stereocenters. The number of hydrogen-bond donors (Lipinski definition) is 1. The van der Waals surface area contributed by atoms with Crippen molar-refractivity contribution < 1.29 is 17.4 Å². The minimum Gasteiger partial charge on any atom is -0.350 e. The fourth-order valence-corrected chi connectivity index (χ4v) is 5.67. The molecule has 0 spiro atoms. The van der Waals surface area contributed by atoms with Gasteiger partial charge in [-0.25, -0.2) is 0 Å². The van der Waals surface area contributed by atoms with E-state index in [1.807, 2.05) is 0 Å². The Morgan fingerprint density at radius 3 is 2.60 bits per heavy atom. The van der Waals surface area contributed by atoms with E-state index in [4.69, 9.17) is 15.8 Å². The molecular weight excluding hydrogens is 362 g/mol. The molecule has 0 heterocycles. The first-order chi connectivity index (χ1) is 11.5. The van der Waals surface area contributed by atoms with Crippen molar-refractivity contribution in [3.8, 4) is 0 Å². The van der Waals surface area contributed by atoms with Crippen molar-refractivity contribution in [1.82, 2.24) is 5.32 Å². The summed E-state index contributed by atoms with van der Waals surface area (Å²) in [7, 11) is -3.41. The molecule has 1 amide bonds. The normalized spacial score (nSPS) is 37.2. The van der Waals surface area contributed by atoms with E-state index in [1.54, 1.807) is 0 Å². The largest absolute Gasteiger partial charge is 0.350 e. The molecule has 7 heteroatoms. The molecule has 2 rings (SSSR count). The standard InChI is InChI=1S/C18H32ClNO4S/c1-13(12-24-25(4,22)23)14-6-9-17(2)7-5-8-18(3,15(17)10-14)20-16(21)11-19/h13-15H,5-12H2,1-4H3,(H,20,21)/t13-,14-,15+,17+,18-/m1/s1. The van der Waals surface area contributed by atoms with E-state index < -0.39 is 10.1 Å². The lowest BCUT2D eigenvalue weighted by atomic mass is 9.51. The van der Waals surface area contributed by atoms with Gasteiger partial charge in [0.1, 0.15) is 5.88 Å². The third kappa shape index (κ3) is 5.10. The van der Waals surface area contributed by atoms with Crippen LogP contribution in [-0.2, 0) is 19.1 Å². The van der Waals surface area contributed by atoms with Gasteiger partial charge in [-0.1, -0.05) is 20.3 Å². The van der Waals surface area contributed by atoms with Crippen LogP contribution in [0.15, 0.2) is 0 Å². The van der Waals surface area contributed by atoms with Crippen LogP contribution in [0.25, 0.3) is 0 Å². The zero-order valence-corrected chi connectivity index (χ0v) is 17.4. The average molecular weight is 394 g/mol. The van der Waals surface area contributed by atoms with Gasteiger partial charge >= 0.3 is 0 Å². The lowest BCUT2D eigenvalue weighted by Crippen LogP contribution is -2.60. The molecule has 25 heavy (non-hydrogen) atoms. The Labute approximate surface area is 157 Å². The predicted molar refractivity (Wildman–Crippen MR) is 100 cm³/mol. The third-order valence-corrected chi connectivity index (χ3v) is 7.38. The number of rotatable bonds is 6. The van der Waals surface area contributed by atoms with Gasteiger partial charge in [-0.3, -0.25) is 8.98 Å². The summed E-state index contributed by atoms with van der Waals surface area (Å²) >= 11 is 5.72. The van der Waals surface area contributed by atoms with Gasteiger partial charge in [0, 0.05) is 5.54 Å². The summed E-state index contributed by atoms with van der Waals surface area (Å²) in [6.45, 7) is 6.79. The predicted octanol–water partition coefficient (Wildman–Crippen LogP) is 3.32. The SMILES string of the molecule is C[C@H](COS(C)(=O)=O)[C@@H]1CC[C@]2(C)CCC[C@@](C)(NC(=O)CCl)[C@H]2C1. The van der Waals surface area contributed by atoms with Crippen LogP contribution in [0, 0.1) is 23.2 Å². The highest BCUT2D eigenvalue weighted by molar-refractivity contribution is 7.85. The molecule has 146 valence electrons. The van der Waals surface area contributed by atoms with Crippen molar-refractivity contribution in [1.29, 1.82) is 0 Å². The van der Waals surface area contributed by atoms with Gasteiger partial charge in [0.15, 0.2) is 0 Å². The molecule has 0 radical (unpaired) electrons. The van der Waals surface area contributed by atoms with Crippen molar-refractivity contribution in [3.63, 3.8) is 0 Å². The number of halogens is 1. The summed E-state index contributed by atoms with van der Waals surface area (Å²) < 4.78 is 27.6. The van der Waals surface area contributed by atoms with Gasteiger partial charge in [-0.15, -0.1) is 11.6 Å². The summed E-state index contributed by atoms with van der Waals surface area (Å²) in [5.74, 6) is 0.838. The van der Waals surface area contributed by atoms with Crippen molar-refractivity contribution in [2.75, 3.05) is 18.7 Å². The topological polar surface area (TPSA) is 72.5 Å². The first kappa shape index (κ1) is 21.0. The number of alkyl halides is 1. The number of nitrogens with one attached hydrogen (secondary N) is 1. The minimum atomic E-state index is -3.41. The van der Waals surface area contributed by atoms with E-state index in [9.17, 15) is 13.2 Å². The number of hydrogen-bond acceptors (Lipinski definition) is 4. The van der Waals surface area contributed by atoms with Crippen molar-refractivity contribution >= 4 is 27.6 Å². The maximum Gasteiger partial charge on any atom is 0.264 e. The Hall–Kier alpha value is -0.330.